The zero-order valence-corrected chi connectivity index (χ0v) is 15.3. The largest absolute Gasteiger partial charge is 0.497 e. The molecule has 0 aliphatic heterocycles. The number of carbonyl (C=O) groups is 1. The third-order valence-electron chi connectivity index (χ3n) is 3.99. The number of fused-ring (bicyclic) bond motifs is 1. The first-order valence-electron chi connectivity index (χ1n) is 7.98. The number of amides is 1. The lowest BCUT2D eigenvalue weighted by Gasteiger charge is -2.08. The predicted octanol–water partition coefficient (Wildman–Crippen LogP) is 3.35. The lowest BCUT2D eigenvalue weighted by Crippen LogP contribution is -2.11. The van der Waals surface area contributed by atoms with Gasteiger partial charge in [0.25, 0.3) is 5.91 Å². The average Bonchev–Trinajstić information content (AvgIpc) is 3.36. The average molecular weight is 381 g/mol. The van der Waals surface area contributed by atoms with E-state index in [0.29, 0.717) is 38.9 Å². The van der Waals surface area contributed by atoms with E-state index in [1.807, 2.05) is 23.6 Å². The van der Waals surface area contributed by atoms with Crippen molar-refractivity contribution < 1.29 is 14.3 Å². The molecule has 0 saturated heterocycles. The summed E-state index contributed by atoms with van der Waals surface area (Å²) in [4.78, 5) is 17.0. The number of rotatable bonds is 5. The van der Waals surface area contributed by atoms with Gasteiger partial charge in [0.1, 0.15) is 22.5 Å². The van der Waals surface area contributed by atoms with E-state index in [1.54, 1.807) is 32.4 Å². The summed E-state index contributed by atoms with van der Waals surface area (Å²) in [7, 11) is 3.20. The molecule has 1 amide bonds. The Morgan fingerprint density at radius 2 is 1.93 bits per heavy atom. The SMILES string of the molecule is COc1ccc(OC)c(-c2csc(NC(=O)c3ccc4n[nH]nc4c3)n2)c1. The molecule has 2 N–H and O–H groups in total. The van der Waals surface area contributed by atoms with E-state index in [0.717, 1.165) is 5.56 Å². The molecule has 0 radical (unpaired) electrons. The number of carbonyl (C=O) groups excluding carboxylic acids is 1. The number of anilines is 1. The molecule has 9 heteroatoms. The number of H-pyrrole nitrogens is 1. The van der Waals surface area contributed by atoms with E-state index < -0.39 is 0 Å². The Labute approximate surface area is 158 Å². The number of aromatic nitrogens is 4. The summed E-state index contributed by atoms with van der Waals surface area (Å²) in [5.41, 5.74) is 3.29. The normalized spacial score (nSPS) is 10.7. The number of nitrogens with one attached hydrogen (secondary N) is 2. The first-order valence-corrected chi connectivity index (χ1v) is 8.85. The molecule has 0 aliphatic rings. The summed E-state index contributed by atoms with van der Waals surface area (Å²) in [5, 5.41) is 15.6. The molecule has 0 atom stereocenters. The Balaban J connectivity index is 1.58. The van der Waals surface area contributed by atoms with Crippen LogP contribution < -0.4 is 14.8 Å². The van der Waals surface area contributed by atoms with Crippen LogP contribution in [0.25, 0.3) is 22.3 Å². The number of nitrogens with zero attached hydrogens (tertiary/aromatic N) is 3. The molecule has 8 nitrogen and oxygen atoms in total. The van der Waals surface area contributed by atoms with Crippen molar-refractivity contribution in [2.45, 2.75) is 0 Å². The van der Waals surface area contributed by atoms with Gasteiger partial charge in [0.05, 0.1) is 19.9 Å². The van der Waals surface area contributed by atoms with Crippen LogP contribution in [-0.2, 0) is 0 Å². The van der Waals surface area contributed by atoms with Crippen molar-refractivity contribution >= 4 is 33.4 Å². The fourth-order valence-electron chi connectivity index (χ4n) is 2.62. The third-order valence-corrected chi connectivity index (χ3v) is 4.74. The summed E-state index contributed by atoms with van der Waals surface area (Å²) in [6.07, 6.45) is 0. The minimum atomic E-state index is -0.265. The van der Waals surface area contributed by atoms with Gasteiger partial charge < -0.3 is 9.47 Å². The van der Waals surface area contributed by atoms with E-state index in [-0.39, 0.29) is 5.91 Å². The quantitative estimate of drug-likeness (QED) is 0.550. The van der Waals surface area contributed by atoms with Crippen molar-refractivity contribution in [3.63, 3.8) is 0 Å². The van der Waals surface area contributed by atoms with E-state index in [4.69, 9.17) is 9.47 Å². The number of hydrogen-bond donors (Lipinski definition) is 2. The second-order valence-corrected chi connectivity index (χ2v) is 6.44. The highest BCUT2D eigenvalue weighted by Crippen LogP contribution is 2.35. The van der Waals surface area contributed by atoms with Crippen LogP contribution in [-0.4, -0.2) is 40.5 Å². The minimum Gasteiger partial charge on any atom is -0.497 e. The second kappa shape index (κ2) is 7.04. The van der Waals surface area contributed by atoms with Gasteiger partial charge in [0.15, 0.2) is 5.13 Å². The monoisotopic (exact) mass is 381 g/mol. The van der Waals surface area contributed by atoms with Gasteiger partial charge in [-0.15, -0.1) is 11.3 Å². The van der Waals surface area contributed by atoms with Gasteiger partial charge in [0, 0.05) is 16.5 Å². The molecule has 2 aromatic carbocycles. The van der Waals surface area contributed by atoms with Gasteiger partial charge in [-0.25, -0.2) is 4.98 Å². The van der Waals surface area contributed by atoms with Crippen LogP contribution in [0.4, 0.5) is 5.13 Å². The summed E-state index contributed by atoms with van der Waals surface area (Å²) >= 11 is 1.33. The maximum absolute atomic E-state index is 12.5. The van der Waals surface area contributed by atoms with Gasteiger partial charge in [-0.2, -0.15) is 15.4 Å². The van der Waals surface area contributed by atoms with Crippen molar-refractivity contribution in [2.75, 3.05) is 19.5 Å². The lowest BCUT2D eigenvalue weighted by atomic mass is 10.1. The van der Waals surface area contributed by atoms with Crippen molar-refractivity contribution in [3.8, 4) is 22.8 Å². The molecule has 2 heterocycles. The maximum Gasteiger partial charge on any atom is 0.257 e. The highest BCUT2D eigenvalue weighted by molar-refractivity contribution is 7.14. The zero-order chi connectivity index (χ0) is 18.8. The Kier molecular flexibility index (Phi) is 4.43. The molecule has 0 bridgehead atoms. The van der Waals surface area contributed by atoms with Crippen molar-refractivity contribution in [1.29, 1.82) is 0 Å². The number of methoxy groups -OCH3 is 2. The molecule has 0 spiro atoms. The van der Waals surface area contributed by atoms with Crippen LogP contribution in [0, 0.1) is 0 Å². The predicted molar refractivity (Wildman–Crippen MR) is 102 cm³/mol. The fraction of sp³-hybridized carbons (Fsp3) is 0.111. The van der Waals surface area contributed by atoms with Crippen LogP contribution in [0.2, 0.25) is 0 Å². The van der Waals surface area contributed by atoms with E-state index in [1.165, 1.54) is 11.3 Å². The van der Waals surface area contributed by atoms with Gasteiger partial charge in [-0.05, 0) is 36.4 Å². The van der Waals surface area contributed by atoms with Crippen molar-refractivity contribution in [1.82, 2.24) is 20.4 Å². The number of ether oxygens (including phenoxy) is 2. The van der Waals surface area contributed by atoms with Crippen LogP contribution in [0.5, 0.6) is 11.5 Å². The molecular weight excluding hydrogens is 366 g/mol. The summed E-state index contributed by atoms with van der Waals surface area (Å²) in [6.45, 7) is 0. The molecule has 0 saturated carbocycles. The molecule has 136 valence electrons. The molecule has 0 aliphatic carbocycles. The fourth-order valence-corrected chi connectivity index (χ4v) is 3.33. The number of hydrogen-bond acceptors (Lipinski definition) is 7. The zero-order valence-electron chi connectivity index (χ0n) is 14.5. The number of benzene rings is 2. The van der Waals surface area contributed by atoms with E-state index in [2.05, 4.69) is 25.7 Å². The van der Waals surface area contributed by atoms with Crippen LogP contribution in [0.1, 0.15) is 10.4 Å². The molecule has 27 heavy (non-hydrogen) atoms. The van der Waals surface area contributed by atoms with Crippen LogP contribution in [0.15, 0.2) is 41.8 Å². The van der Waals surface area contributed by atoms with Gasteiger partial charge >= 0.3 is 0 Å². The third kappa shape index (κ3) is 3.32. The van der Waals surface area contributed by atoms with Gasteiger partial charge in [-0.1, -0.05) is 0 Å². The van der Waals surface area contributed by atoms with E-state index in [9.17, 15) is 4.79 Å². The highest BCUT2D eigenvalue weighted by Gasteiger charge is 2.14. The minimum absolute atomic E-state index is 0.265. The van der Waals surface area contributed by atoms with Crippen molar-refractivity contribution in [2.24, 2.45) is 0 Å². The summed E-state index contributed by atoms with van der Waals surface area (Å²) in [5.74, 6) is 1.11. The Morgan fingerprint density at radius 3 is 2.74 bits per heavy atom. The topological polar surface area (TPSA) is 102 Å². The maximum atomic E-state index is 12.5. The summed E-state index contributed by atoms with van der Waals surface area (Å²) < 4.78 is 10.7. The second-order valence-electron chi connectivity index (χ2n) is 5.59. The smallest absolute Gasteiger partial charge is 0.257 e. The molecule has 4 rings (SSSR count). The molecule has 0 fully saturated rings. The van der Waals surface area contributed by atoms with Crippen LogP contribution >= 0.6 is 11.3 Å². The van der Waals surface area contributed by atoms with Gasteiger partial charge in [-0.3, -0.25) is 10.1 Å². The standard InChI is InChI=1S/C18H15N5O3S/c1-25-11-4-6-16(26-2)12(8-11)15-9-27-18(19-15)20-17(24)10-3-5-13-14(7-10)22-23-21-13/h3-9H,1-2H3,(H,19,20,24)(H,21,22,23). The number of aromatic amines is 1. The molecule has 4 aromatic rings. The first-order chi connectivity index (χ1) is 13.2. The lowest BCUT2D eigenvalue weighted by molar-refractivity contribution is 0.102. The van der Waals surface area contributed by atoms with Crippen molar-refractivity contribution in [3.05, 3.63) is 47.3 Å². The number of thiazole rings is 1. The first kappa shape index (κ1) is 17.0. The van der Waals surface area contributed by atoms with E-state index >= 15 is 0 Å². The molecule has 0 unspecified atom stereocenters. The summed E-state index contributed by atoms with van der Waals surface area (Å²) in [6, 6.07) is 10.6. The highest BCUT2D eigenvalue weighted by atomic mass is 32.1. The molecule has 2 aromatic heterocycles. The Morgan fingerprint density at radius 1 is 1.07 bits per heavy atom. The van der Waals surface area contributed by atoms with Gasteiger partial charge in [0.2, 0.25) is 0 Å². The van der Waals surface area contributed by atoms with Crippen LogP contribution in [0.3, 0.4) is 0 Å². The molecular formula is C18H15N5O3S. The Hall–Kier alpha value is -3.46. The Bertz CT molecular complexity index is 1120.